The van der Waals surface area contributed by atoms with Gasteiger partial charge in [-0.3, -0.25) is 0 Å². The largest absolute Gasteiger partial charge is 0.308 e. The van der Waals surface area contributed by atoms with Crippen LogP contribution in [-0.2, 0) is 0 Å². The van der Waals surface area contributed by atoms with E-state index in [1.807, 2.05) is 18.2 Å². The summed E-state index contributed by atoms with van der Waals surface area (Å²) < 4.78 is 2.37. The van der Waals surface area contributed by atoms with Gasteiger partial charge in [0.15, 0.2) is 17.5 Å². The highest BCUT2D eigenvalue weighted by Gasteiger charge is 2.21. The zero-order valence-electron chi connectivity index (χ0n) is 30.9. The van der Waals surface area contributed by atoms with Gasteiger partial charge >= 0.3 is 0 Å². The van der Waals surface area contributed by atoms with Crippen molar-refractivity contribution in [2.45, 2.75) is 0 Å². The molecule has 11 rings (SSSR count). The molecular formula is C53H34N4. The molecule has 9 aromatic carbocycles. The predicted octanol–water partition coefficient (Wildman–Crippen LogP) is 13.6. The van der Waals surface area contributed by atoms with Crippen LogP contribution in [0.4, 0.5) is 0 Å². The van der Waals surface area contributed by atoms with Gasteiger partial charge in [0.05, 0.1) is 16.7 Å². The number of hydrogen-bond acceptors (Lipinski definition) is 3. The summed E-state index contributed by atoms with van der Waals surface area (Å²) in [6.45, 7) is 0. The van der Waals surface area contributed by atoms with Crippen molar-refractivity contribution >= 4 is 43.4 Å². The Morgan fingerprint density at radius 3 is 1.46 bits per heavy atom. The number of fused-ring (bicyclic) bond motifs is 6. The number of benzene rings is 9. The maximum atomic E-state index is 5.35. The molecule has 0 N–H and O–H groups in total. The monoisotopic (exact) mass is 726 g/mol. The average Bonchev–Trinajstić information content (AvgIpc) is 3.63. The third kappa shape index (κ3) is 5.66. The molecule has 0 aliphatic rings. The third-order valence-electron chi connectivity index (χ3n) is 11.0. The van der Waals surface area contributed by atoms with Crippen molar-refractivity contribution in [3.63, 3.8) is 0 Å². The van der Waals surface area contributed by atoms with Gasteiger partial charge in [0.1, 0.15) is 0 Å². The minimum atomic E-state index is 0.610. The van der Waals surface area contributed by atoms with Gasteiger partial charge in [-0.15, -0.1) is 0 Å². The Morgan fingerprint density at radius 1 is 0.281 bits per heavy atom. The summed E-state index contributed by atoms with van der Waals surface area (Å²) in [5.41, 5.74) is 10.7. The molecule has 0 saturated carbocycles. The maximum Gasteiger partial charge on any atom is 0.166 e. The predicted molar refractivity (Wildman–Crippen MR) is 236 cm³/mol. The van der Waals surface area contributed by atoms with Crippen LogP contribution in [0.15, 0.2) is 206 Å². The minimum Gasteiger partial charge on any atom is -0.308 e. The van der Waals surface area contributed by atoms with Crippen molar-refractivity contribution in [1.82, 2.24) is 19.5 Å². The summed E-state index contributed by atoms with van der Waals surface area (Å²) in [7, 11) is 0. The third-order valence-corrected chi connectivity index (χ3v) is 11.0. The standard InChI is InChI=1S/C53H34N4/c1-4-16-35(17-5-1)38-28-31-46(50(34-38)57-48-26-14-12-24-44(48)45-25-13-15-27-49(45)57)53-55-51(37-20-8-3-9-21-37)54-52(56-53)39-29-30-41-40(32-39)33-47(36-18-6-2-7-19-36)43-23-11-10-22-42(41)43/h1-34H. The van der Waals surface area contributed by atoms with Gasteiger partial charge in [0.2, 0.25) is 0 Å². The first kappa shape index (κ1) is 32.7. The molecule has 57 heavy (non-hydrogen) atoms. The first-order valence-corrected chi connectivity index (χ1v) is 19.3. The molecule has 266 valence electrons. The molecule has 0 amide bonds. The van der Waals surface area contributed by atoms with E-state index in [0.29, 0.717) is 17.5 Å². The van der Waals surface area contributed by atoms with Gasteiger partial charge in [0, 0.05) is 27.5 Å². The lowest BCUT2D eigenvalue weighted by atomic mass is 9.92. The van der Waals surface area contributed by atoms with Gasteiger partial charge < -0.3 is 4.57 Å². The molecule has 4 heteroatoms. The first-order valence-electron chi connectivity index (χ1n) is 19.3. The first-order chi connectivity index (χ1) is 28.3. The molecular weight excluding hydrogens is 693 g/mol. The molecule has 0 saturated heterocycles. The van der Waals surface area contributed by atoms with E-state index >= 15 is 0 Å². The van der Waals surface area contributed by atoms with Crippen LogP contribution in [0.2, 0.25) is 0 Å². The van der Waals surface area contributed by atoms with Crippen molar-refractivity contribution in [2.75, 3.05) is 0 Å². The lowest BCUT2D eigenvalue weighted by molar-refractivity contribution is 1.06. The van der Waals surface area contributed by atoms with Crippen molar-refractivity contribution in [2.24, 2.45) is 0 Å². The molecule has 4 nitrogen and oxygen atoms in total. The molecule has 0 spiro atoms. The molecule has 0 fully saturated rings. The average molecular weight is 727 g/mol. The lowest BCUT2D eigenvalue weighted by Crippen LogP contribution is -2.04. The Labute approximate surface area is 330 Å². The number of para-hydroxylation sites is 2. The molecule has 0 atom stereocenters. The number of aromatic nitrogens is 4. The Morgan fingerprint density at radius 2 is 0.789 bits per heavy atom. The second-order valence-electron chi connectivity index (χ2n) is 14.4. The van der Waals surface area contributed by atoms with E-state index < -0.39 is 0 Å². The maximum absolute atomic E-state index is 5.35. The van der Waals surface area contributed by atoms with E-state index in [-0.39, 0.29) is 0 Å². The van der Waals surface area contributed by atoms with Gasteiger partial charge in [-0.05, 0) is 80.2 Å². The van der Waals surface area contributed by atoms with E-state index in [9.17, 15) is 0 Å². The Balaban J connectivity index is 1.17. The summed E-state index contributed by atoms with van der Waals surface area (Å²) in [5.74, 6) is 1.86. The molecule has 0 unspecified atom stereocenters. The summed E-state index contributed by atoms with van der Waals surface area (Å²) in [4.78, 5) is 15.8. The van der Waals surface area contributed by atoms with Crippen molar-refractivity contribution in [3.8, 4) is 62.1 Å². The van der Waals surface area contributed by atoms with Crippen LogP contribution in [-0.4, -0.2) is 19.5 Å². The highest BCUT2D eigenvalue weighted by atomic mass is 15.1. The van der Waals surface area contributed by atoms with Crippen LogP contribution in [0.25, 0.3) is 105 Å². The Hall–Kier alpha value is -7.69. The van der Waals surface area contributed by atoms with E-state index in [2.05, 4.69) is 193 Å². The van der Waals surface area contributed by atoms with E-state index in [0.717, 1.165) is 49.9 Å². The lowest BCUT2D eigenvalue weighted by Gasteiger charge is -2.16. The van der Waals surface area contributed by atoms with Crippen molar-refractivity contribution < 1.29 is 0 Å². The molecule has 2 heterocycles. The molecule has 0 bridgehead atoms. The van der Waals surface area contributed by atoms with Gasteiger partial charge in [-0.1, -0.05) is 170 Å². The fraction of sp³-hybridized carbons (Fsp3) is 0. The van der Waals surface area contributed by atoms with Crippen LogP contribution in [0.1, 0.15) is 0 Å². The van der Waals surface area contributed by atoms with Crippen LogP contribution < -0.4 is 0 Å². The van der Waals surface area contributed by atoms with Crippen molar-refractivity contribution in [1.29, 1.82) is 0 Å². The fourth-order valence-electron chi connectivity index (χ4n) is 8.35. The second kappa shape index (κ2) is 13.6. The summed E-state index contributed by atoms with van der Waals surface area (Å²) in [5, 5.41) is 7.17. The number of nitrogens with zero attached hydrogens (tertiary/aromatic N) is 4. The van der Waals surface area contributed by atoms with E-state index in [1.54, 1.807) is 0 Å². The Bertz CT molecular complexity index is 3230. The summed E-state index contributed by atoms with van der Waals surface area (Å²) in [6, 6.07) is 72.8. The summed E-state index contributed by atoms with van der Waals surface area (Å²) >= 11 is 0. The number of rotatable bonds is 6. The molecule has 0 aliphatic carbocycles. The SMILES string of the molecule is c1ccc(-c2ccc(-c3nc(-c4ccccc4)nc(-c4ccc5c(c4)cc(-c4ccccc4)c4ccccc45)n3)c(-n3c4ccccc4c4ccccc43)c2)cc1. The van der Waals surface area contributed by atoms with Crippen LogP contribution in [0.3, 0.4) is 0 Å². The van der Waals surface area contributed by atoms with E-state index in [1.165, 1.54) is 38.1 Å². The van der Waals surface area contributed by atoms with Crippen molar-refractivity contribution in [3.05, 3.63) is 206 Å². The topological polar surface area (TPSA) is 43.6 Å². The molecule has 2 aromatic heterocycles. The summed E-state index contributed by atoms with van der Waals surface area (Å²) in [6.07, 6.45) is 0. The highest BCUT2D eigenvalue weighted by Crippen LogP contribution is 2.40. The zero-order valence-corrected chi connectivity index (χ0v) is 30.9. The van der Waals surface area contributed by atoms with Gasteiger partial charge in [0.25, 0.3) is 0 Å². The zero-order chi connectivity index (χ0) is 37.7. The molecule has 0 radical (unpaired) electrons. The highest BCUT2D eigenvalue weighted by molar-refractivity contribution is 6.14. The smallest absolute Gasteiger partial charge is 0.166 e. The Kier molecular flexibility index (Phi) is 7.78. The molecule has 11 aromatic rings. The van der Waals surface area contributed by atoms with E-state index in [4.69, 9.17) is 15.0 Å². The van der Waals surface area contributed by atoms with Crippen LogP contribution >= 0.6 is 0 Å². The number of hydrogen-bond donors (Lipinski definition) is 0. The fourth-order valence-corrected chi connectivity index (χ4v) is 8.35. The second-order valence-corrected chi connectivity index (χ2v) is 14.4. The van der Waals surface area contributed by atoms with Crippen LogP contribution in [0, 0.1) is 0 Å². The van der Waals surface area contributed by atoms with Gasteiger partial charge in [-0.2, -0.15) is 0 Å². The van der Waals surface area contributed by atoms with Gasteiger partial charge in [-0.25, -0.2) is 15.0 Å². The normalized spacial score (nSPS) is 11.5. The minimum absolute atomic E-state index is 0.610. The van der Waals surface area contributed by atoms with Crippen LogP contribution in [0.5, 0.6) is 0 Å². The quantitative estimate of drug-likeness (QED) is 0.160. The molecule has 0 aliphatic heterocycles.